The van der Waals surface area contributed by atoms with Gasteiger partial charge in [-0.15, -0.1) is 0 Å². The van der Waals surface area contributed by atoms with E-state index < -0.39 is 12.0 Å². The van der Waals surface area contributed by atoms with E-state index in [0.29, 0.717) is 41.8 Å². The van der Waals surface area contributed by atoms with Crippen LogP contribution in [0.3, 0.4) is 0 Å². The molecule has 2 heterocycles. The molecule has 3 aromatic rings. The molecule has 1 saturated heterocycles. The van der Waals surface area contributed by atoms with E-state index >= 15 is 0 Å². The summed E-state index contributed by atoms with van der Waals surface area (Å²) >= 11 is 0. The van der Waals surface area contributed by atoms with E-state index in [9.17, 15) is 9.59 Å². The number of carbonyl (C=O) groups excluding carboxylic acids is 2. The molecule has 10 nitrogen and oxygen atoms in total. The maximum atomic E-state index is 13.6. The van der Waals surface area contributed by atoms with Gasteiger partial charge in [0, 0.05) is 25.0 Å². The fraction of sp³-hybridized carbons (Fsp3) is 0.375. The van der Waals surface area contributed by atoms with Crippen molar-refractivity contribution >= 4 is 11.9 Å². The zero-order valence-electron chi connectivity index (χ0n) is 24.3. The summed E-state index contributed by atoms with van der Waals surface area (Å²) in [5.41, 5.74) is 2.69. The lowest BCUT2D eigenvalue weighted by atomic mass is 9.82. The Kier molecular flexibility index (Phi) is 9.02. The quantitative estimate of drug-likeness (QED) is 0.338. The number of nitrogens with one attached hydrogen (secondary N) is 1. The van der Waals surface area contributed by atoms with Gasteiger partial charge in [0.25, 0.3) is 0 Å². The van der Waals surface area contributed by atoms with Crippen LogP contribution in [0.1, 0.15) is 35.6 Å². The number of carbonyl (C=O) groups is 2. The molecule has 2 aliphatic heterocycles. The Morgan fingerprint density at radius 1 is 0.881 bits per heavy atom. The van der Waals surface area contributed by atoms with E-state index in [1.165, 1.54) is 0 Å². The van der Waals surface area contributed by atoms with Gasteiger partial charge in [0.15, 0.2) is 23.0 Å². The topological polar surface area (TPSA) is 105 Å². The Morgan fingerprint density at radius 2 is 1.62 bits per heavy atom. The molecular formula is C32H36N2O8. The highest BCUT2D eigenvalue weighted by atomic mass is 16.7. The van der Waals surface area contributed by atoms with Gasteiger partial charge in [0.05, 0.1) is 40.4 Å². The van der Waals surface area contributed by atoms with Crippen molar-refractivity contribution in [2.24, 2.45) is 5.92 Å². The summed E-state index contributed by atoms with van der Waals surface area (Å²) in [6.07, 6.45) is 0. The third-order valence-electron chi connectivity index (χ3n) is 7.72. The summed E-state index contributed by atoms with van der Waals surface area (Å²) < 4.78 is 32.8. The summed E-state index contributed by atoms with van der Waals surface area (Å²) in [5, 5.41) is 3.01. The number of likely N-dealkylation sites (tertiary alicyclic amines) is 1. The van der Waals surface area contributed by atoms with Crippen molar-refractivity contribution in [3.8, 4) is 28.7 Å². The van der Waals surface area contributed by atoms with E-state index in [1.54, 1.807) is 34.3 Å². The predicted molar refractivity (Wildman–Crippen MR) is 154 cm³/mol. The number of amides is 1. The van der Waals surface area contributed by atoms with Crippen LogP contribution in [0.5, 0.6) is 28.7 Å². The van der Waals surface area contributed by atoms with Crippen LogP contribution in [0, 0.1) is 5.92 Å². The van der Waals surface area contributed by atoms with Crippen LogP contribution < -0.4 is 29.0 Å². The first-order chi connectivity index (χ1) is 20.4. The predicted octanol–water partition coefficient (Wildman–Crippen LogP) is 4.08. The lowest BCUT2D eigenvalue weighted by Crippen LogP contribution is -2.38. The molecule has 0 saturated carbocycles. The molecule has 0 aliphatic carbocycles. The number of nitrogens with zero attached hydrogens (tertiary/aromatic N) is 1. The summed E-state index contributed by atoms with van der Waals surface area (Å²) in [7, 11) is 4.76. The van der Waals surface area contributed by atoms with Crippen molar-refractivity contribution in [1.29, 1.82) is 0 Å². The summed E-state index contributed by atoms with van der Waals surface area (Å²) in [6, 6.07) is 18.4. The summed E-state index contributed by atoms with van der Waals surface area (Å²) in [4.78, 5) is 29.0. The number of fused-ring (bicyclic) bond motifs is 1. The Labute approximate surface area is 245 Å². The molecule has 5 rings (SSSR count). The molecule has 0 aromatic heterocycles. The zero-order valence-corrected chi connectivity index (χ0v) is 24.3. The summed E-state index contributed by atoms with van der Waals surface area (Å²) in [6.45, 7) is 3.07. The van der Waals surface area contributed by atoms with E-state index in [-0.39, 0.29) is 37.7 Å². The van der Waals surface area contributed by atoms with E-state index in [0.717, 1.165) is 16.7 Å². The first-order valence-corrected chi connectivity index (χ1v) is 13.9. The van der Waals surface area contributed by atoms with Gasteiger partial charge >= 0.3 is 5.97 Å². The number of methoxy groups -OCH3 is 3. The molecular weight excluding hydrogens is 540 g/mol. The third-order valence-corrected chi connectivity index (χ3v) is 7.72. The molecule has 42 heavy (non-hydrogen) atoms. The van der Waals surface area contributed by atoms with Gasteiger partial charge in [-0.25, -0.2) is 0 Å². The van der Waals surface area contributed by atoms with Crippen molar-refractivity contribution in [2.45, 2.75) is 25.4 Å². The minimum absolute atomic E-state index is 0.0843. The minimum Gasteiger partial charge on any atom is -0.497 e. The average Bonchev–Trinajstić information content (AvgIpc) is 3.64. The van der Waals surface area contributed by atoms with Gasteiger partial charge in [-0.3, -0.25) is 14.5 Å². The highest BCUT2D eigenvalue weighted by Gasteiger charge is 2.48. The number of rotatable bonds is 11. The third kappa shape index (κ3) is 6.08. The molecule has 1 N–H and O–H groups in total. The smallest absolute Gasteiger partial charge is 0.311 e. The van der Waals surface area contributed by atoms with Gasteiger partial charge in [-0.2, -0.15) is 0 Å². The number of ether oxygens (including phenoxy) is 6. The standard InChI is InChI=1S/C32H36N2O8/c1-5-40-32(36)30-24(22-9-13-26-28(15-22)42-19-41-26)17-34(31(30)21-7-10-23(37-2)11-8-21)18-29(35)33-16-20-6-12-25(38-3)27(14-20)39-4/h6-15,24,30-31H,5,16-19H2,1-4H3,(H,33,35)/t24-,30-,31-/m1/s1. The highest BCUT2D eigenvalue weighted by molar-refractivity contribution is 5.79. The van der Waals surface area contributed by atoms with Gasteiger partial charge in [0.2, 0.25) is 12.7 Å². The van der Waals surface area contributed by atoms with E-state index in [2.05, 4.69) is 5.32 Å². The van der Waals surface area contributed by atoms with Gasteiger partial charge in [-0.05, 0) is 60.0 Å². The van der Waals surface area contributed by atoms with Crippen molar-refractivity contribution in [2.75, 3.05) is 47.8 Å². The second-order valence-corrected chi connectivity index (χ2v) is 10.1. The molecule has 0 radical (unpaired) electrons. The van der Waals surface area contributed by atoms with Crippen molar-refractivity contribution < 1.29 is 38.0 Å². The molecule has 2 aliphatic rings. The van der Waals surface area contributed by atoms with Crippen LogP contribution in [-0.2, 0) is 20.9 Å². The Balaban J connectivity index is 1.42. The van der Waals surface area contributed by atoms with Crippen LogP contribution in [-0.4, -0.2) is 64.6 Å². The van der Waals surface area contributed by atoms with Crippen LogP contribution in [0.25, 0.3) is 0 Å². The maximum Gasteiger partial charge on any atom is 0.311 e. The monoisotopic (exact) mass is 576 g/mol. The molecule has 3 atom stereocenters. The molecule has 0 spiro atoms. The Morgan fingerprint density at radius 3 is 2.33 bits per heavy atom. The first-order valence-electron chi connectivity index (χ1n) is 13.9. The lowest BCUT2D eigenvalue weighted by molar-refractivity contribution is -0.149. The van der Waals surface area contributed by atoms with Crippen LogP contribution in [0.15, 0.2) is 60.7 Å². The SMILES string of the molecule is CCOC(=O)[C@@H]1[C@@H](c2ccc3c(c2)OCO3)CN(CC(=O)NCc2ccc(OC)c(OC)c2)[C@@H]1c1ccc(OC)cc1. The van der Waals surface area contributed by atoms with Crippen molar-refractivity contribution in [3.63, 3.8) is 0 Å². The van der Waals surface area contributed by atoms with Gasteiger partial charge in [0.1, 0.15) is 5.75 Å². The summed E-state index contributed by atoms with van der Waals surface area (Å²) in [5.74, 6) is 1.94. The van der Waals surface area contributed by atoms with Gasteiger partial charge < -0.3 is 33.7 Å². The maximum absolute atomic E-state index is 13.6. The molecule has 10 heteroatoms. The molecule has 0 bridgehead atoms. The second kappa shape index (κ2) is 13.0. The fourth-order valence-corrected chi connectivity index (χ4v) is 5.73. The highest BCUT2D eigenvalue weighted by Crippen LogP contribution is 2.48. The average molecular weight is 577 g/mol. The largest absolute Gasteiger partial charge is 0.497 e. The normalized spacial score (nSPS) is 19.3. The van der Waals surface area contributed by atoms with Gasteiger partial charge in [-0.1, -0.05) is 24.3 Å². The van der Waals surface area contributed by atoms with Crippen LogP contribution in [0.2, 0.25) is 0 Å². The molecule has 1 amide bonds. The number of hydrogen-bond acceptors (Lipinski definition) is 9. The van der Waals surface area contributed by atoms with Crippen LogP contribution >= 0.6 is 0 Å². The molecule has 222 valence electrons. The van der Waals surface area contributed by atoms with E-state index in [4.69, 9.17) is 28.4 Å². The second-order valence-electron chi connectivity index (χ2n) is 10.1. The van der Waals surface area contributed by atoms with Crippen molar-refractivity contribution in [1.82, 2.24) is 10.2 Å². The molecule has 1 fully saturated rings. The van der Waals surface area contributed by atoms with E-state index in [1.807, 2.05) is 59.5 Å². The Bertz CT molecular complexity index is 1410. The number of hydrogen-bond donors (Lipinski definition) is 1. The van der Waals surface area contributed by atoms with Crippen molar-refractivity contribution in [3.05, 3.63) is 77.4 Å². The lowest BCUT2D eigenvalue weighted by Gasteiger charge is -2.28. The van der Waals surface area contributed by atoms with Crippen LogP contribution in [0.4, 0.5) is 0 Å². The number of benzene rings is 3. The fourth-order valence-electron chi connectivity index (χ4n) is 5.73. The molecule has 0 unspecified atom stereocenters. The minimum atomic E-state index is -0.558. The molecule has 3 aromatic carbocycles. The first kappa shape index (κ1) is 29.1. The zero-order chi connectivity index (χ0) is 29.6. The number of esters is 1. The Hall–Kier alpha value is -4.44.